The van der Waals surface area contributed by atoms with Gasteiger partial charge in [-0.3, -0.25) is 4.79 Å². The molecule has 1 aromatic heterocycles. The Morgan fingerprint density at radius 2 is 1.65 bits per heavy atom. The van der Waals surface area contributed by atoms with Gasteiger partial charge < -0.3 is 24.3 Å². The average Bonchev–Trinajstić information content (AvgIpc) is 2.80. The van der Waals surface area contributed by atoms with E-state index in [1.807, 2.05) is 43.3 Å². The van der Waals surface area contributed by atoms with Gasteiger partial charge >= 0.3 is 0 Å². The Morgan fingerprint density at radius 3 is 2.35 bits per heavy atom. The van der Waals surface area contributed by atoms with Gasteiger partial charge in [0.25, 0.3) is 5.91 Å². The zero-order valence-corrected chi connectivity index (χ0v) is 17.7. The number of benzene rings is 2. The molecule has 0 saturated heterocycles. The highest BCUT2D eigenvalue weighted by Crippen LogP contribution is 2.30. The van der Waals surface area contributed by atoms with Gasteiger partial charge in [-0.2, -0.15) is 0 Å². The summed E-state index contributed by atoms with van der Waals surface area (Å²) in [5, 5.41) is 2.89. The van der Waals surface area contributed by atoms with E-state index < -0.39 is 0 Å². The van der Waals surface area contributed by atoms with Gasteiger partial charge in [0.2, 0.25) is 5.88 Å². The number of aromatic nitrogens is 1. The standard InChI is InChI=1S/C24H26N2O5/c1-3-29-21-10-6-7-11-22(21)31-23-13-12-18(16-25-23)17-26-24(27)19-8-4-5-9-20(19)30-15-14-28-2/h4-13,16H,3,14-15,17H2,1-2H3,(H,26,27). The molecule has 3 rings (SSSR count). The maximum absolute atomic E-state index is 12.6. The van der Waals surface area contributed by atoms with Crippen molar-refractivity contribution in [3.05, 3.63) is 78.0 Å². The molecule has 0 aliphatic heterocycles. The van der Waals surface area contributed by atoms with E-state index in [4.69, 9.17) is 18.9 Å². The molecule has 3 aromatic rings. The molecule has 0 spiro atoms. The molecular weight excluding hydrogens is 396 g/mol. The summed E-state index contributed by atoms with van der Waals surface area (Å²) in [5.41, 5.74) is 1.32. The highest BCUT2D eigenvalue weighted by atomic mass is 16.5. The molecule has 0 saturated carbocycles. The second kappa shape index (κ2) is 11.6. The second-order valence-corrected chi connectivity index (χ2v) is 6.51. The summed E-state index contributed by atoms with van der Waals surface area (Å²) in [4.78, 5) is 16.9. The van der Waals surface area contributed by atoms with E-state index in [1.165, 1.54) is 0 Å². The molecule has 0 unspecified atom stereocenters. The van der Waals surface area contributed by atoms with Crippen LogP contribution in [-0.4, -0.2) is 37.8 Å². The zero-order chi connectivity index (χ0) is 21.9. The van der Waals surface area contributed by atoms with Crippen LogP contribution in [0.5, 0.6) is 23.1 Å². The third kappa shape index (κ3) is 6.45. The maximum Gasteiger partial charge on any atom is 0.255 e. The molecule has 2 aromatic carbocycles. The summed E-state index contributed by atoms with van der Waals surface area (Å²) >= 11 is 0. The Kier molecular flexibility index (Phi) is 8.25. The topological polar surface area (TPSA) is 78.9 Å². The largest absolute Gasteiger partial charge is 0.490 e. The van der Waals surface area contributed by atoms with E-state index in [0.717, 1.165) is 5.56 Å². The number of carbonyl (C=O) groups is 1. The predicted molar refractivity (Wildman–Crippen MR) is 117 cm³/mol. The number of nitrogens with zero attached hydrogens (tertiary/aromatic N) is 1. The van der Waals surface area contributed by atoms with E-state index in [0.29, 0.717) is 55.1 Å². The van der Waals surface area contributed by atoms with Gasteiger partial charge in [0.05, 0.1) is 18.8 Å². The molecule has 0 fully saturated rings. The van der Waals surface area contributed by atoms with Crippen molar-refractivity contribution in [1.29, 1.82) is 0 Å². The molecule has 31 heavy (non-hydrogen) atoms. The summed E-state index contributed by atoms with van der Waals surface area (Å²) in [6, 6.07) is 18.2. The Morgan fingerprint density at radius 1 is 0.903 bits per heavy atom. The molecule has 0 aliphatic rings. The van der Waals surface area contributed by atoms with Crippen LogP contribution in [0, 0.1) is 0 Å². The number of hydrogen-bond acceptors (Lipinski definition) is 6. The number of amides is 1. The zero-order valence-electron chi connectivity index (χ0n) is 17.7. The van der Waals surface area contributed by atoms with E-state index >= 15 is 0 Å². The number of hydrogen-bond donors (Lipinski definition) is 1. The summed E-state index contributed by atoms with van der Waals surface area (Å²) in [6.45, 7) is 3.62. The number of carbonyl (C=O) groups excluding carboxylic acids is 1. The lowest BCUT2D eigenvalue weighted by Crippen LogP contribution is -2.23. The fraction of sp³-hybridized carbons (Fsp3) is 0.250. The first kappa shape index (κ1) is 22.1. The quantitative estimate of drug-likeness (QED) is 0.466. The molecule has 0 aliphatic carbocycles. The minimum atomic E-state index is -0.223. The number of rotatable bonds is 11. The molecule has 7 heteroatoms. The minimum absolute atomic E-state index is 0.223. The highest BCUT2D eigenvalue weighted by molar-refractivity contribution is 5.96. The molecule has 0 atom stereocenters. The molecule has 7 nitrogen and oxygen atoms in total. The smallest absolute Gasteiger partial charge is 0.255 e. The molecule has 1 heterocycles. The molecule has 0 bridgehead atoms. The molecular formula is C24H26N2O5. The lowest BCUT2D eigenvalue weighted by molar-refractivity contribution is 0.0943. The van der Waals surface area contributed by atoms with Gasteiger partial charge in [-0.1, -0.05) is 30.3 Å². The number of nitrogens with one attached hydrogen (secondary N) is 1. The SMILES string of the molecule is CCOc1ccccc1Oc1ccc(CNC(=O)c2ccccc2OCCOC)cn1. The Balaban J connectivity index is 1.58. The van der Waals surface area contributed by atoms with Gasteiger partial charge in [0, 0.05) is 25.9 Å². The maximum atomic E-state index is 12.6. The van der Waals surface area contributed by atoms with Gasteiger partial charge in [0.15, 0.2) is 11.5 Å². The van der Waals surface area contributed by atoms with Gasteiger partial charge in [-0.15, -0.1) is 0 Å². The molecule has 1 N–H and O–H groups in total. The Bertz CT molecular complexity index is 976. The summed E-state index contributed by atoms with van der Waals surface area (Å²) < 4.78 is 22.0. The fourth-order valence-corrected chi connectivity index (χ4v) is 2.79. The van der Waals surface area contributed by atoms with Crippen LogP contribution < -0.4 is 19.5 Å². The Labute approximate surface area is 181 Å². The van der Waals surface area contributed by atoms with Crippen LogP contribution in [0.25, 0.3) is 0 Å². The van der Waals surface area contributed by atoms with Crippen molar-refractivity contribution in [3.8, 4) is 23.1 Å². The average molecular weight is 422 g/mol. The third-order valence-electron chi connectivity index (χ3n) is 4.29. The number of para-hydroxylation sites is 3. The third-order valence-corrected chi connectivity index (χ3v) is 4.29. The van der Waals surface area contributed by atoms with Crippen LogP contribution in [0.2, 0.25) is 0 Å². The lowest BCUT2D eigenvalue weighted by atomic mass is 10.2. The molecule has 0 radical (unpaired) electrons. The van der Waals surface area contributed by atoms with Crippen molar-refractivity contribution in [2.75, 3.05) is 26.9 Å². The molecule has 162 valence electrons. The van der Waals surface area contributed by atoms with Crippen LogP contribution in [0.3, 0.4) is 0 Å². The van der Waals surface area contributed by atoms with Crippen LogP contribution in [0.1, 0.15) is 22.8 Å². The summed E-state index contributed by atoms with van der Waals surface area (Å²) in [6.07, 6.45) is 1.67. The van der Waals surface area contributed by atoms with Crippen LogP contribution in [-0.2, 0) is 11.3 Å². The number of pyridine rings is 1. The minimum Gasteiger partial charge on any atom is -0.490 e. The monoisotopic (exact) mass is 422 g/mol. The van der Waals surface area contributed by atoms with Gasteiger partial charge in [-0.05, 0) is 36.8 Å². The van der Waals surface area contributed by atoms with Crippen molar-refractivity contribution in [1.82, 2.24) is 10.3 Å². The van der Waals surface area contributed by atoms with Crippen molar-refractivity contribution < 1.29 is 23.7 Å². The first-order valence-electron chi connectivity index (χ1n) is 10.0. The number of methoxy groups -OCH3 is 1. The summed E-state index contributed by atoms with van der Waals surface area (Å²) in [5.74, 6) is 2.00. The fourth-order valence-electron chi connectivity index (χ4n) is 2.79. The predicted octanol–water partition coefficient (Wildman–Crippen LogP) is 4.23. The van der Waals surface area contributed by atoms with E-state index in [2.05, 4.69) is 10.3 Å². The first-order chi connectivity index (χ1) is 15.2. The van der Waals surface area contributed by atoms with E-state index in [-0.39, 0.29) is 5.91 Å². The van der Waals surface area contributed by atoms with Crippen LogP contribution >= 0.6 is 0 Å². The van der Waals surface area contributed by atoms with Crippen molar-refractivity contribution in [2.45, 2.75) is 13.5 Å². The van der Waals surface area contributed by atoms with Crippen molar-refractivity contribution >= 4 is 5.91 Å². The summed E-state index contributed by atoms with van der Waals surface area (Å²) in [7, 11) is 1.60. The van der Waals surface area contributed by atoms with Crippen LogP contribution in [0.4, 0.5) is 0 Å². The van der Waals surface area contributed by atoms with E-state index in [1.54, 1.807) is 37.6 Å². The first-order valence-corrected chi connectivity index (χ1v) is 10.0. The Hall–Kier alpha value is -3.58. The molecule has 1 amide bonds. The van der Waals surface area contributed by atoms with Crippen molar-refractivity contribution in [2.24, 2.45) is 0 Å². The van der Waals surface area contributed by atoms with Gasteiger partial charge in [-0.25, -0.2) is 4.98 Å². The lowest BCUT2D eigenvalue weighted by Gasteiger charge is -2.12. The second-order valence-electron chi connectivity index (χ2n) is 6.51. The van der Waals surface area contributed by atoms with Gasteiger partial charge in [0.1, 0.15) is 12.4 Å². The number of ether oxygens (including phenoxy) is 4. The normalized spacial score (nSPS) is 10.4. The van der Waals surface area contributed by atoms with Crippen LogP contribution in [0.15, 0.2) is 66.9 Å². The van der Waals surface area contributed by atoms with Crippen molar-refractivity contribution in [3.63, 3.8) is 0 Å². The van der Waals surface area contributed by atoms with E-state index in [9.17, 15) is 4.79 Å². The highest BCUT2D eigenvalue weighted by Gasteiger charge is 2.12.